The molecular formula is C44H36N2. The lowest BCUT2D eigenvalue weighted by atomic mass is 9.97. The molecule has 0 unspecified atom stereocenters. The molecule has 2 heteroatoms. The maximum atomic E-state index is 2.49. The lowest BCUT2D eigenvalue weighted by Crippen LogP contribution is -2.21. The predicted octanol–water partition coefficient (Wildman–Crippen LogP) is 12.5. The van der Waals surface area contributed by atoms with Crippen molar-refractivity contribution in [2.45, 2.75) is 26.3 Å². The molecule has 46 heavy (non-hydrogen) atoms. The molecule has 0 aliphatic carbocycles. The molecule has 0 amide bonds. The minimum atomic E-state index is -0.0876. The van der Waals surface area contributed by atoms with Gasteiger partial charge in [0.05, 0.1) is 5.52 Å². The quantitative estimate of drug-likeness (QED) is 0.193. The molecule has 8 rings (SSSR count). The molecule has 0 N–H and O–H groups in total. The van der Waals surface area contributed by atoms with Crippen LogP contribution in [-0.4, -0.2) is 4.57 Å². The topological polar surface area (TPSA) is 8.17 Å². The van der Waals surface area contributed by atoms with E-state index in [1.165, 1.54) is 54.8 Å². The highest BCUT2D eigenvalue weighted by Gasteiger charge is 2.22. The smallest absolute Gasteiger partial charge is 0.0517 e. The van der Waals surface area contributed by atoms with Crippen LogP contribution in [0, 0.1) is 0 Å². The Morgan fingerprint density at radius 1 is 0.413 bits per heavy atom. The lowest BCUT2D eigenvalue weighted by molar-refractivity contribution is 0.423. The van der Waals surface area contributed by atoms with Gasteiger partial charge in [0.1, 0.15) is 0 Å². The van der Waals surface area contributed by atoms with Crippen LogP contribution >= 0.6 is 0 Å². The summed E-state index contributed by atoms with van der Waals surface area (Å²) in [6.07, 6.45) is 0. The van der Waals surface area contributed by atoms with E-state index in [-0.39, 0.29) is 5.54 Å². The first-order valence-electron chi connectivity index (χ1n) is 16.0. The highest BCUT2D eigenvalue weighted by atomic mass is 15.1. The number of aromatic nitrogens is 1. The Bertz CT molecular complexity index is 2320. The minimum absolute atomic E-state index is 0.0876. The highest BCUT2D eigenvalue weighted by Crippen LogP contribution is 2.42. The van der Waals surface area contributed by atoms with Gasteiger partial charge in [-0.25, -0.2) is 0 Å². The number of anilines is 3. The second-order valence-electron chi connectivity index (χ2n) is 13.1. The molecule has 0 atom stereocenters. The molecule has 1 aromatic heterocycles. The summed E-state index contributed by atoms with van der Waals surface area (Å²) in [6.45, 7) is 6.88. The normalized spacial score (nSPS) is 11.8. The van der Waals surface area contributed by atoms with Crippen molar-refractivity contribution < 1.29 is 0 Å². The molecule has 222 valence electrons. The van der Waals surface area contributed by atoms with Crippen molar-refractivity contribution in [2.75, 3.05) is 4.90 Å². The summed E-state index contributed by atoms with van der Waals surface area (Å²) in [5.74, 6) is 0. The molecule has 2 nitrogen and oxygen atoms in total. The summed E-state index contributed by atoms with van der Waals surface area (Å²) < 4.78 is 2.49. The third kappa shape index (κ3) is 4.83. The van der Waals surface area contributed by atoms with E-state index in [0.717, 1.165) is 17.1 Å². The van der Waals surface area contributed by atoms with Crippen LogP contribution < -0.4 is 4.90 Å². The Morgan fingerprint density at radius 2 is 1.00 bits per heavy atom. The summed E-state index contributed by atoms with van der Waals surface area (Å²) in [5, 5.41) is 5.03. The monoisotopic (exact) mass is 592 g/mol. The predicted molar refractivity (Wildman–Crippen MR) is 198 cm³/mol. The number of nitrogens with zero attached hydrogens (tertiary/aromatic N) is 2. The van der Waals surface area contributed by atoms with Gasteiger partial charge in [0.2, 0.25) is 0 Å². The Labute approximate surface area is 270 Å². The first kappa shape index (κ1) is 27.9. The van der Waals surface area contributed by atoms with Crippen LogP contribution in [0.25, 0.3) is 54.8 Å². The molecule has 7 aromatic carbocycles. The average Bonchev–Trinajstić information content (AvgIpc) is 3.44. The fraction of sp³-hybridized carbons (Fsp3) is 0.0909. The van der Waals surface area contributed by atoms with E-state index in [2.05, 4.69) is 194 Å². The number of fused-ring (bicyclic) bond motifs is 4. The van der Waals surface area contributed by atoms with Crippen LogP contribution in [0.4, 0.5) is 17.1 Å². The van der Waals surface area contributed by atoms with Crippen LogP contribution in [0.15, 0.2) is 164 Å². The third-order valence-corrected chi connectivity index (χ3v) is 9.03. The summed E-state index contributed by atoms with van der Waals surface area (Å²) >= 11 is 0. The van der Waals surface area contributed by atoms with E-state index in [0.29, 0.717) is 0 Å². The average molecular weight is 593 g/mol. The van der Waals surface area contributed by atoms with Gasteiger partial charge in [-0.1, -0.05) is 121 Å². The van der Waals surface area contributed by atoms with Gasteiger partial charge in [-0.2, -0.15) is 0 Å². The van der Waals surface area contributed by atoms with Crippen molar-refractivity contribution in [1.29, 1.82) is 0 Å². The van der Waals surface area contributed by atoms with Crippen LogP contribution in [0.1, 0.15) is 20.8 Å². The van der Waals surface area contributed by atoms with E-state index in [9.17, 15) is 0 Å². The van der Waals surface area contributed by atoms with Crippen molar-refractivity contribution in [3.05, 3.63) is 164 Å². The van der Waals surface area contributed by atoms with E-state index in [1.807, 2.05) is 0 Å². The summed E-state index contributed by atoms with van der Waals surface area (Å²) in [7, 11) is 0. The Hall–Kier alpha value is -5.60. The van der Waals surface area contributed by atoms with Crippen LogP contribution in [0.2, 0.25) is 0 Å². The lowest BCUT2D eigenvalue weighted by Gasteiger charge is -2.28. The summed E-state index contributed by atoms with van der Waals surface area (Å²) in [5.41, 5.74) is 10.7. The number of hydrogen-bond donors (Lipinski definition) is 0. The Kier molecular flexibility index (Phi) is 6.73. The van der Waals surface area contributed by atoms with E-state index >= 15 is 0 Å². The minimum Gasteiger partial charge on any atom is -0.335 e. The van der Waals surface area contributed by atoms with Crippen molar-refractivity contribution in [3.63, 3.8) is 0 Å². The van der Waals surface area contributed by atoms with Crippen molar-refractivity contribution in [1.82, 2.24) is 4.57 Å². The maximum absolute atomic E-state index is 2.49. The number of benzene rings is 7. The largest absolute Gasteiger partial charge is 0.335 e. The fourth-order valence-electron chi connectivity index (χ4n) is 6.97. The van der Waals surface area contributed by atoms with Gasteiger partial charge in [0.15, 0.2) is 0 Å². The molecule has 0 aliphatic heterocycles. The number of rotatable bonds is 5. The van der Waals surface area contributed by atoms with Crippen molar-refractivity contribution in [2.24, 2.45) is 0 Å². The molecule has 1 heterocycles. The molecule has 0 spiro atoms. The van der Waals surface area contributed by atoms with E-state index in [1.54, 1.807) is 0 Å². The van der Waals surface area contributed by atoms with Crippen LogP contribution in [-0.2, 0) is 5.54 Å². The van der Waals surface area contributed by atoms with Gasteiger partial charge in [-0.15, -0.1) is 0 Å². The molecule has 0 aliphatic rings. The first-order valence-corrected chi connectivity index (χ1v) is 16.0. The van der Waals surface area contributed by atoms with Gasteiger partial charge in [-0.3, -0.25) is 0 Å². The second-order valence-corrected chi connectivity index (χ2v) is 13.1. The van der Waals surface area contributed by atoms with E-state index < -0.39 is 0 Å². The molecule has 0 saturated heterocycles. The highest BCUT2D eigenvalue weighted by molar-refractivity contribution is 6.09. The molecule has 0 radical (unpaired) electrons. The molecule has 0 bridgehead atoms. The standard InChI is InChI=1S/C44H36N2/c1-44(2,3)46-42-20-11-10-18-39(42)40-28-27-37(30-43(40)46)45(35-24-21-32(22-25-35)31-13-6-4-7-14-31)36-26-23-34-17-12-19-38(41(34)29-36)33-15-8-5-9-16-33/h4-30H,1-3H3. The zero-order valence-corrected chi connectivity index (χ0v) is 26.5. The Balaban J connectivity index is 1.36. The first-order chi connectivity index (χ1) is 22.5. The fourth-order valence-corrected chi connectivity index (χ4v) is 6.97. The van der Waals surface area contributed by atoms with Gasteiger partial charge < -0.3 is 9.47 Å². The van der Waals surface area contributed by atoms with Crippen LogP contribution in [0.5, 0.6) is 0 Å². The zero-order chi connectivity index (χ0) is 31.3. The summed E-state index contributed by atoms with van der Waals surface area (Å²) in [4.78, 5) is 2.40. The SMILES string of the molecule is CC(C)(C)n1c2ccccc2c2ccc(N(c3ccc(-c4ccccc4)cc3)c3ccc4cccc(-c5ccccc5)c4c3)cc21. The Morgan fingerprint density at radius 3 is 1.74 bits per heavy atom. The van der Waals surface area contributed by atoms with E-state index in [4.69, 9.17) is 0 Å². The molecular weight excluding hydrogens is 556 g/mol. The second kappa shape index (κ2) is 11.1. The third-order valence-electron chi connectivity index (χ3n) is 9.03. The maximum Gasteiger partial charge on any atom is 0.0517 e. The summed E-state index contributed by atoms with van der Waals surface area (Å²) in [6, 6.07) is 59.4. The number of hydrogen-bond acceptors (Lipinski definition) is 1. The number of para-hydroxylation sites is 1. The van der Waals surface area contributed by atoms with Gasteiger partial charge in [-0.05, 0) is 96.3 Å². The van der Waals surface area contributed by atoms with Gasteiger partial charge in [0.25, 0.3) is 0 Å². The molecule has 0 saturated carbocycles. The molecule has 8 aromatic rings. The molecule has 0 fully saturated rings. The van der Waals surface area contributed by atoms with Gasteiger partial charge >= 0.3 is 0 Å². The van der Waals surface area contributed by atoms with Crippen molar-refractivity contribution >= 4 is 49.6 Å². The zero-order valence-electron chi connectivity index (χ0n) is 26.5. The van der Waals surface area contributed by atoms with Crippen molar-refractivity contribution in [3.8, 4) is 22.3 Å². The van der Waals surface area contributed by atoms with Crippen LogP contribution in [0.3, 0.4) is 0 Å². The van der Waals surface area contributed by atoms with Gasteiger partial charge in [0, 0.05) is 38.9 Å².